The molecular weight excluding hydrogens is 550 g/mol. The van der Waals surface area contributed by atoms with Crippen molar-refractivity contribution in [1.29, 1.82) is 0 Å². The first kappa shape index (κ1) is 29.6. The van der Waals surface area contributed by atoms with Gasteiger partial charge in [0.15, 0.2) is 4.90 Å². The van der Waals surface area contributed by atoms with Crippen molar-refractivity contribution in [1.82, 2.24) is 10.0 Å². The minimum atomic E-state index is -4.67. The predicted molar refractivity (Wildman–Crippen MR) is 149 cm³/mol. The summed E-state index contributed by atoms with van der Waals surface area (Å²) in [4.78, 5) is 25.0. The Balaban J connectivity index is 1.54. The van der Waals surface area contributed by atoms with Gasteiger partial charge < -0.3 is 10.1 Å². The highest BCUT2D eigenvalue weighted by Gasteiger charge is 2.29. The third kappa shape index (κ3) is 8.29. The van der Waals surface area contributed by atoms with Crippen molar-refractivity contribution in [3.8, 4) is 0 Å². The van der Waals surface area contributed by atoms with E-state index in [1.807, 2.05) is 6.07 Å². The average Bonchev–Trinajstić information content (AvgIpc) is 2.96. The minimum absolute atomic E-state index is 0.0587. The van der Waals surface area contributed by atoms with E-state index >= 15 is 0 Å². The van der Waals surface area contributed by atoms with Crippen LogP contribution in [0.2, 0.25) is 0 Å². The molecule has 2 N–H and O–H groups in total. The molecule has 4 aromatic carbocycles. The molecule has 0 bridgehead atoms. The lowest BCUT2D eigenvalue weighted by atomic mass is 10.1. The molecule has 1 amide bonds. The van der Waals surface area contributed by atoms with E-state index in [0.717, 1.165) is 23.8 Å². The Kier molecular flexibility index (Phi) is 9.94. The van der Waals surface area contributed by atoms with Crippen molar-refractivity contribution in [2.45, 2.75) is 29.8 Å². The summed E-state index contributed by atoms with van der Waals surface area (Å²) in [5, 5.41) is 2.69. The van der Waals surface area contributed by atoms with E-state index in [1.165, 1.54) is 0 Å². The molecule has 0 saturated heterocycles. The van der Waals surface area contributed by atoms with Crippen molar-refractivity contribution < 1.29 is 31.5 Å². The summed E-state index contributed by atoms with van der Waals surface area (Å²) in [5.41, 5.74) is 1.81. The first-order chi connectivity index (χ1) is 19.7. The second-order valence-electron chi connectivity index (χ2n) is 9.27. The fourth-order valence-corrected chi connectivity index (χ4v) is 5.57. The second kappa shape index (κ2) is 13.8. The summed E-state index contributed by atoms with van der Waals surface area (Å²) in [6.45, 7) is -0.463. The molecule has 212 valence electrons. The molecule has 0 fully saturated rings. The van der Waals surface area contributed by atoms with Gasteiger partial charge in [-0.15, -0.1) is 0 Å². The predicted octanol–water partition coefficient (Wildman–Crippen LogP) is 4.44. The number of esters is 1. The molecule has 0 spiro atoms. The Bertz CT molecular complexity index is 1550. The third-order valence-electron chi connectivity index (χ3n) is 6.17. The van der Waals surface area contributed by atoms with Crippen LogP contribution in [-0.4, -0.2) is 39.0 Å². The molecule has 2 unspecified atom stereocenters. The molecule has 0 radical (unpaired) electrons. The highest BCUT2D eigenvalue weighted by atomic mass is 32.2. The van der Waals surface area contributed by atoms with Gasteiger partial charge in [-0.1, -0.05) is 84.9 Å². The van der Waals surface area contributed by atoms with Gasteiger partial charge in [-0.05, 0) is 41.8 Å². The van der Waals surface area contributed by atoms with Crippen molar-refractivity contribution in [2.75, 3.05) is 6.61 Å². The Hall–Kier alpha value is -4.41. The van der Waals surface area contributed by atoms with Crippen LogP contribution in [0.1, 0.15) is 21.5 Å². The van der Waals surface area contributed by atoms with Crippen LogP contribution in [0.25, 0.3) is 0 Å². The van der Waals surface area contributed by atoms with Gasteiger partial charge in [0.05, 0.1) is 6.04 Å². The van der Waals surface area contributed by atoms with E-state index in [2.05, 4.69) is 10.0 Å². The molecule has 41 heavy (non-hydrogen) atoms. The summed E-state index contributed by atoms with van der Waals surface area (Å²) in [6, 6.07) is 26.7. The Labute approximate surface area is 237 Å². The second-order valence-corrected chi connectivity index (χ2v) is 10.9. The SMILES string of the molecule is O=C(NC(Cc1ccccc1)C(=O)OCC(Cc1ccccc1)NS(=O)(=O)c1c(F)cccc1F)c1ccccc1. The maximum absolute atomic E-state index is 14.3. The molecule has 0 heterocycles. The van der Waals surface area contributed by atoms with Gasteiger partial charge in [0, 0.05) is 12.0 Å². The maximum Gasteiger partial charge on any atom is 0.329 e. The topological polar surface area (TPSA) is 102 Å². The van der Waals surface area contributed by atoms with Gasteiger partial charge in [0.2, 0.25) is 10.0 Å². The first-order valence-electron chi connectivity index (χ1n) is 12.8. The van der Waals surface area contributed by atoms with E-state index in [4.69, 9.17) is 4.74 Å². The number of carbonyl (C=O) groups is 2. The number of hydrogen-bond donors (Lipinski definition) is 2. The van der Waals surface area contributed by atoms with Crippen LogP contribution in [0.5, 0.6) is 0 Å². The third-order valence-corrected chi connectivity index (χ3v) is 7.74. The van der Waals surface area contributed by atoms with E-state index in [0.29, 0.717) is 11.1 Å². The summed E-state index contributed by atoms with van der Waals surface area (Å²) in [7, 11) is -4.67. The van der Waals surface area contributed by atoms with Crippen LogP contribution in [0.4, 0.5) is 8.78 Å². The highest BCUT2D eigenvalue weighted by Crippen LogP contribution is 2.19. The normalized spacial score (nSPS) is 12.7. The Morgan fingerprint density at radius 3 is 1.78 bits per heavy atom. The molecule has 4 aromatic rings. The number of carbonyl (C=O) groups excluding carboxylic acids is 2. The first-order valence-corrected chi connectivity index (χ1v) is 14.3. The van der Waals surface area contributed by atoms with Gasteiger partial charge in [0.1, 0.15) is 24.3 Å². The van der Waals surface area contributed by atoms with Crippen LogP contribution in [-0.2, 0) is 32.4 Å². The van der Waals surface area contributed by atoms with E-state index < -0.39 is 57.1 Å². The maximum atomic E-state index is 14.3. The fraction of sp³-hybridized carbons (Fsp3) is 0.161. The average molecular weight is 579 g/mol. The molecule has 2 atom stereocenters. The minimum Gasteiger partial charge on any atom is -0.462 e. The number of sulfonamides is 1. The number of amides is 1. The Morgan fingerprint density at radius 1 is 0.707 bits per heavy atom. The lowest BCUT2D eigenvalue weighted by molar-refractivity contribution is -0.146. The lowest BCUT2D eigenvalue weighted by Gasteiger charge is -2.22. The molecule has 4 rings (SSSR count). The summed E-state index contributed by atoms with van der Waals surface area (Å²) in [6.07, 6.45) is 0.177. The van der Waals surface area contributed by atoms with Gasteiger partial charge in [-0.25, -0.2) is 26.7 Å². The molecule has 0 aliphatic heterocycles. The molecule has 0 saturated carbocycles. The van der Waals surface area contributed by atoms with Crippen LogP contribution < -0.4 is 10.0 Å². The summed E-state index contributed by atoms with van der Waals surface area (Å²) in [5.74, 6) is -3.79. The molecule has 0 aliphatic rings. The lowest BCUT2D eigenvalue weighted by Crippen LogP contribution is -2.46. The zero-order valence-corrected chi connectivity index (χ0v) is 22.7. The smallest absolute Gasteiger partial charge is 0.329 e. The van der Waals surface area contributed by atoms with Crippen molar-refractivity contribution in [3.05, 3.63) is 138 Å². The summed E-state index contributed by atoms with van der Waals surface area (Å²) >= 11 is 0. The van der Waals surface area contributed by atoms with Crippen LogP contribution >= 0.6 is 0 Å². The van der Waals surface area contributed by atoms with Crippen molar-refractivity contribution >= 4 is 21.9 Å². The summed E-state index contributed by atoms with van der Waals surface area (Å²) < 4.78 is 62.5. The van der Waals surface area contributed by atoms with E-state index in [1.54, 1.807) is 84.9 Å². The quantitative estimate of drug-likeness (QED) is 0.242. The number of benzene rings is 4. The zero-order valence-electron chi connectivity index (χ0n) is 21.9. The van der Waals surface area contributed by atoms with Crippen molar-refractivity contribution in [3.63, 3.8) is 0 Å². The van der Waals surface area contributed by atoms with Crippen molar-refractivity contribution in [2.24, 2.45) is 0 Å². The van der Waals surface area contributed by atoms with Gasteiger partial charge in [0.25, 0.3) is 5.91 Å². The number of hydrogen-bond acceptors (Lipinski definition) is 5. The van der Waals surface area contributed by atoms with E-state index in [9.17, 15) is 26.8 Å². The molecule has 7 nitrogen and oxygen atoms in total. The fourth-order valence-electron chi connectivity index (χ4n) is 4.21. The van der Waals surface area contributed by atoms with Gasteiger partial charge in [-0.3, -0.25) is 4.79 Å². The van der Waals surface area contributed by atoms with Gasteiger partial charge in [-0.2, -0.15) is 0 Å². The molecule has 0 aromatic heterocycles. The number of nitrogens with one attached hydrogen (secondary N) is 2. The highest BCUT2D eigenvalue weighted by molar-refractivity contribution is 7.89. The molecule has 0 aliphatic carbocycles. The Morgan fingerprint density at radius 2 is 1.22 bits per heavy atom. The number of rotatable bonds is 12. The molecule has 10 heteroatoms. The standard InChI is InChI=1S/C31H28F2N2O5S/c32-26-17-10-18-27(33)29(26)41(38,39)35-25(19-22-11-4-1-5-12-22)21-40-31(37)28(20-23-13-6-2-7-14-23)34-30(36)24-15-8-3-9-16-24/h1-18,25,28,35H,19-21H2,(H,34,36). The monoisotopic (exact) mass is 578 g/mol. The number of halogens is 2. The zero-order chi connectivity index (χ0) is 29.2. The van der Waals surface area contributed by atoms with Crippen LogP contribution in [0.15, 0.2) is 114 Å². The molecular formula is C31H28F2N2O5S. The van der Waals surface area contributed by atoms with Crippen LogP contribution in [0.3, 0.4) is 0 Å². The van der Waals surface area contributed by atoms with E-state index in [-0.39, 0.29) is 12.8 Å². The largest absolute Gasteiger partial charge is 0.462 e. The van der Waals surface area contributed by atoms with Gasteiger partial charge >= 0.3 is 5.97 Å². The number of ether oxygens (including phenoxy) is 1. The van der Waals surface area contributed by atoms with Crippen LogP contribution in [0, 0.1) is 11.6 Å².